The number of benzene rings is 2. The van der Waals surface area contributed by atoms with Crippen LogP contribution < -0.4 is 9.62 Å². The zero-order valence-electron chi connectivity index (χ0n) is 18.0. The van der Waals surface area contributed by atoms with Gasteiger partial charge in [-0.15, -0.1) is 11.3 Å². The highest BCUT2D eigenvalue weighted by molar-refractivity contribution is 7.93. The van der Waals surface area contributed by atoms with Crippen molar-refractivity contribution in [3.8, 4) is 16.5 Å². The van der Waals surface area contributed by atoms with Crippen LogP contribution >= 0.6 is 11.3 Å². The van der Waals surface area contributed by atoms with E-state index in [0.717, 1.165) is 31.8 Å². The van der Waals surface area contributed by atoms with Gasteiger partial charge in [0.2, 0.25) is 0 Å². The van der Waals surface area contributed by atoms with Gasteiger partial charge in [-0.3, -0.25) is 0 Å². The molecule has 0 aliphatic heterocycles. The van der Waals surface area contributed by atoms with E-state index in [4.69, 9.17) is 4.74 Å². The van der Waals surface area contributed by atoms with E-state index in [1.807, 2.05) is 32.3 Å². The summed E-state index contributed by atoms with van der Waals surface area (Å²) >= 11 is 1.46. The van der Waals surface area contributed by atoms with Gasteiger partial charge < -0.3 is 9.64 Å². The monoisotopic (exact) mass is 455 g/mol. The molecule has 0 radical (unpaired) electrons. The van der Waals surface area contributed by atoms with E-state index in [0.29, 0.717) is 5.57 Å². The van der Waals surface area contributed by atoms with Gasteiger partial charge in [0.25, 0.3) is 10.0 Å². The van der Waals surface area contributed by atoms with Crippen LogP contribution in [0.15, 0.2) is 53.4 Å². The summed E-state index contributed by atoms with van der Waals surface area (Å²) in [6.45, 7) is 2.00. The number of nitrogens with one attached hydrogen (secondary N) is 1. The molecule has 3 aromatic rings. The number of hydrogen-bond acceptors (Lipinski definition) is 6. The van der Waals surface area contributed by atoms with Crippen LogP contribution in [-0.2, 0) is 14.8 Å². The summed E-state index contributed by atoms with van der Waals surface area (Å²) in [4.78, 5) is 3.55. The molecule has 0 atom stereocenters. The number of thiophene rings is 1. The van der Waals surface area contributed by atoms with Crippen molar-refractivity contribution in [1.82, 2.24) is 4.72 Å². The smallest absolute Gasteiger partial charge is 0.251 e. The van der Waals surface area contributed by atoms with E-state index < -0.39 is 10.0 Å². The van der Waals surface area contributed by atoms with Crippen LogP contribution in [0.3, 0.4) is 0 Å². The third-order valence-corrected chi connectivity index (χ3v) is 7.68. The Morgan fingerprint density at radius 1 is 1.13 bits per heavy atom. The molecule has 0 aliphatic rings. The van der Waals surface area contributed by atoms with Gasteiger partial charge in [-0.25, -0.2) is 13.1 Å². The van der Waals surface area contributed by atoms with Crippen LogP contribution in [0.25, 0.3) is 26.8 Å². The fraction of sp³-hybridized carbons (Fsp3) is 0.261. The van der Waals surface area contributed by atoms with Crippen molar-refractivity contribution in [2.24, 2.45) is 0 Å². The van der Waals surface area contributed by atoms with E-state index in [2.05, 4.69) is 46.0 Å². The van der Waals surface area contributed by atoms with Crippen molar-refractivity contribution in [2.75, 3.05) is 39.3 Å². The molecule has 6 nitrogen and oxygen atoms in total. The highest BCUT2D eigenvalue weighted by Gasteiger charge is 2.21. The molecule has 31 heavy (non-hydrogen) atoms. The van der Waals surface area contributed by atoms with Crippen LogP contribution in [0.1, 0.15) is 11.8 Å². The zero-order chi connectivity index (χ0) is 22.6. The number of methoxy groups -OCH3 is 1. The largest absolute Gasteiger partial charge is 0.383 e. The van der Waals surface area contributed by atoms with Crippen molar-refractivity contribution in [2.45, 2.75) is 6.92 Å². The second-order valence-corrected chi connectivity index (χ2v) is 10.0. The maximum absolute atomic E-state index is 12.5. The first-order valence-corrected chi connectivity index (χ1v) is 12.0. The molecule has 162 valence electrons. The van der Waals surface area contributed by atoms with Gasteiger partial charge in [-0.05, 0) is 59.2 Å². The van der Waals surface area contributed by atoms with Crippen molar-refractivity contribution in [3.05, 3.63) is 58.3 Å². The van der Waals surface area contributed by atoms with Gasteiger partial charge in [0.05, 0.1) is 6.61 Å². The van der Waals surface area contributed by atoms with E-state index in [1.165, 1.54) is 18.4 Å². The van der Waals surface area contributed by atoms with Gasteiger partial charge in [0, 0.05) is 43.2 Å². The van der Waals surface area contributed by atoms with Crippen molar-refractivity contribution in [1.29, 1.82) is 5.26 Å². The minimum Gasteiger partial charge on any atom is -0.383 e. The predicted octanol–water partition coefficient (Wildman–Crippen LogP) is 4.45. The maximum Gasteiger partial charge on any atom is 0.251 e. The molecule has 0 bridgehead atoms. The van der Waals surface area contributed by atoms with Crippen LogP contribution in [0.5, 0.6) is 0 Å². The molecular weight excluding hydrogens is 430 g/mol. The van der Waals surface area contributed by atoms with Gasteiger partial charge >= 0.3 is 0 Å². The van der Waals surface area contributed by atoms with Gasteiger partial charge in [-0.2, -0.15) is 5.26 Å². The number of nitrogens with zero attached hydrogens (tertiary/aromatic N) is 2. The van der Waals surface area contributed by atoms with Crippen molar-refractivity contribution >= 4 is 43.4 Å². The molecule has 0 aliphatic carbocycles. The first kappa shape index (κ1) is 23.0. The Morgan fingerprint density at radius 2 is 1.84 bits per heavy atom. The first-order chi connectivity index (χ1) is 14.8. The number of nitriles is 1. The molecule has 1 aromatic heterocycles. The Labute approximate surface area is 187 Å². The van der Waals surface area contributed by atoms with Gasteiger partial charge in [0.15, 0.2) is 4.91 Å². The Morgan fingerprint density at radius 3 is 2.52 bits per heavy atom. The summed E-state index contributed by atoms with van der Waals surface area (Å²) in [5, 5.41) is 11.8. The van der Waals surface area contributed by atoms with Crippen molar-refractivity contribution < 1.29 is 13.2 Å². The summed E-state index contributed by atoms with van der Waals surface area (Å²) < 4.78 is 32.3. The fourth-order valence-corrected chi connectivity index (χ4v) is 5.37. The Balaban J connectivity index is 1.93. The molecule has 8 heteroatoms. The molecule has 3 rings (SSSR count). The molecule has 0 unspecified atom stereocenters. The van der Waals surface area contributed by atoms with E-state index in [9.17, 15) is 13.7 Å². The lowest BCUT2D eigenvalue weighted by molar-refractivity contribution is 0.204. The molecule has 0 fully saturated rings. The molecular formula is C23H25N3O3S2. The topological polar surface area (TPSA) is 82.4 Å². The fourth-order valence-electron chi connectivity index (χ4n) is 3.17. The number of ether oxygens (including phenoxy) is 1. The number of anilines is 1. The van der Waals surface area contributed by atoms with Crippen LogP contribution in [0.4, 0.5) is 5.69 Å². The second kappa shape index (κ2) is 9.62. The molecule has 1 heterocycles. The average Bonchev–Trinajstić information content (AvgIpc) is 3.23. The van der Waals surface area contributed by atoms with Crippen LogP contribution in [0.2, 0.25) is 0 Å². The normalized spacial score (nSPS) is 12.5. The third-order valence-electron chi connectivity index (χ3n) is 4.91. The summed E-state index contributed by atoms with van der Waals surface area (Å²) in [6.07, 6.45) is 0. The number of hydrogen-bond donors (Lipinski definition) is 1. The molecule has 0 spiro atoms. The standard InChI is InChI=1S/C23H25N3O3S2/c1-16(23(15-24)31(27,28)25-11-12-29-4)21-9-10-22(30-21)19-6-5-18-14-20(26(2)3)8-7-17(18)13-19/h5-10,13-14,25H,11-12H2,1-4H3/b23-16+. The average molecular weight is 456 g/mol. The third kappa shape index (κ3) is 5.14. The number of allylic oxidation sites excluding steroid dienone is 2. The second-order valence-electron chi connectivity index (χ2n) is 7.26. The summed E-state index contributed by atoms with van der Waals surface area (Å²) in [5.41, 5.74) is 2.62. The van der Waals surface area contributed by atoms with E-state index >= 15 is 0 Å². The molecule has 0 saturated heterocycles. The Bertz CT molecular complexity index is 1270. The predicted molar refractivity (Wildman–Crippen MR) is 129 cm³/mol. The minimum atomic E-state index is -3.90. The van der Waals surface area contributed by atoms with Crippen LogP contribution in [-0.4, -0.2) is 42.8 Å². The number of rotatable bonds is 8. The maximum atomic E-state index is 12.5. The zero-order valence-corrected chi connectivity index (χ0v) is 19.6. The summed E-state index contributed by atoms with van der Waals surface area (Å²) in [5.74, 6) is 0. The quantitative estimate of drug-likeness (QED) is 0.401. The minimum absolute atomic E-state index is 0.111. The van der Waals surface area contributed by atoms with Crippen LogP contribution in [0, 0.1) is 11.3 Å². The van der Waals surface area contributed by atoms with Gasteiger partial charge in [0.1, 0.15) is 6.07 Å². The number of fused-ring (bicyclic) bond motifs is 1. The Hall–Kier alpha value is -2.70. The summed E-state index contributed by atoms with van der Waals surface area (Å²) in [6, 6.07) is 18.3. The van der Waals surface area contributed by atoms with E-state index in [1.54, 1.807) is 6.92 Å². The molecule has 2 aromatic carbocycles. The Kier molecular flexibility index (Phi) is 7.13. The summed E-state index contributed by atoms with van der Waals surface area (Å²) in [7, 11) is 1.62. The SMILES string of the molecule is COCCNS(=O)(=O)/C(C#N)=C(\C)c1ccc(-c2ccc3cc(N(C)C)ccc3c2)s1. The first-order valence-electron chi connectivity index (χ1n) is 9.68. The molecule has 1 N–H and O–H groups in total. The lowest BCUT2D eigenvalue weighted by atomic mass is 10.1. The van der Waals surface area contributed by atoms with Gasteiger partial charge in [-0.1, -0.05) is 18.2 Å². The molecule has 0 amide bonds. The van der Waals surface area contributed by atoms with E-state index in [-0.39, 0.29) is 18.1 Å². The lowest BCUT2D eigenvalue weighted by Gasteiger charge is -2.13. The molecule has 0 saturated carbocycles. The highest BCUT2D eigenvalue weighted by atomic mass is 32.2. The lowest BCUT2D eigenvalue weighted by Crippen LogP contribution is -2.28. The highest BCUT2D eigenvalue weighted by Crippen LogP contribution is 2.35. The van der Waals surface area contributed by atoms with Crippen molar-refractivity contribution in [3.63, 3.8) is 0 Å². The number of sulfonamides is 1.